The van der Waals surface area contributed by atoms with E-state index in [1.807, 2.05) is 6.07 Å². The molecular formula is C9H11N. The zero-order valence-electron chi connectivity index (χ0n) is 6.60. The zero-order chi connectivity index (χ0) is 7.61. The molecule has 0 aliphatic heterocycles. The summed E-state index contributed by atoms with van der Waals surface area (Å²) >= 11 is 0. The van der Waals surface area contributed by atoms with Crippen LogP contribution in [0.4, 0.5) is 0 Å². The Hall–Kier alpha value is -0.850. The minimum absolute atomic E-state index is 0.0950. The number of aromatic nitrogens is 1. The van der Waals surface area contributed by atoms with Gasteiger partial charge in [-0.05, 0) is 6.07 Å². The summed E-state index contributed by atoms with van der Waals surface area (Å²) in [6.07, 6.45) is 2.79. The molecule has 1 aromatic rings. The average Bonchev–Trinajstić information content (AvgIpc) is 1.88. The van der Waals surface area contributed by atoms with E-state index in [0.29, 0.717) is 0 Å². The topological polar surface area (TPSA) is 12.9 Å². The highest BCUT2D eigenvalue weighted by Gasteiger charge is 2.13. The lowest BCUT2D eigenvalue weighted by molar-refractivity contribution is 0.567. The smallest absolute Gasteiger partial charge is 0.0890 e. The van der Waals surface area contributed by atoms with Crippen molar-refractivity contribution in [3.05, 3.63) is 30.1 Å². The lowest BCUT2D eigenvalue weighted by Gasteiger charge is -2.15. The minimum atomic E-state index is 0.0950. The molecule has 0 atom stereocenters. The molecule has 10 heavy (non-hydrogen) atoms. The third-order valence-electron chi connectivity index (χ3n) is 1.26. The summed E-state index contributed by atoms with van der Waals surface area (Å²) in [4.78, 5) is 4.07. The third kappa shape index (κ3) is 1.56. The highest BCUT2D eigenvalue weighted by atomic mass is 14.7. The fraction of sp³-hybridized carbons (Fsp3) is 0.444. The summed E-state index contributed by atoms with van der Waals surface area (Å²) < 4.78 is 0. The molecule has 0 unspecified atom stereocenters. The number of hydrogen-bond acceptors (Lipinski definition) is 1. The van der Waals surface area contributed by atoms with E-state index in [0.717, 1.165) is 5.69 Å². The maximum Gasteiger partial charge on any atom is 0.0890 e. The molecule has 2 radical (unpaired) electrons. The molecule has 1 aromatic heterocycles. The van der Waals surface area contributed by atoms with E-state index >= 15 is 0 Å². The van der Waals surface area contributed by atoms with E-state index in [9.17, 15) is 0 Å². The molecule has 0 fully saturated rings. The maximum absolute atomic E-state index is 4.07. The van der Waals surface area contributed by atoms with Crippen LogP contribution in [0.5, 0.6) is 0 Å². The monoisotopic (exact) mass is 133 g/mol. The Morgan fingerprint density at radius 2 is 2.00 bits per heavy atom. The number of hydrogen-bond donors (Lipinski definition) is 0. The fourth-order valence-electron chi connectivity index (χ4n) is 0.676. The van der Waals surface area contributed by atoms with Crippen molar-refractivity contribution in [3.8, 4) is 0 Å². The van der Waals surface area contributed by atoms with Gasteiger partial charge in [-0.1, -0.05) is 26.8 Å². The number of rotatable bonds is 0. The summed E-state index contributed by atoms with van der Waals surface area (Å²) in [6.45, 7) is 6.33. The predicted octanol–water partition coefficient (Wildman–Crippen LogP) is 1.98. The molecule has 0 aliphatic carbocycles. The Balaban J connectivity index is 2.97. The molecule has 52 valence electrons. The molecule has 1 nitrogen and oxygen atoms in total. The summed E-state index contributed by atoms with van der Waals surface area (Å²) in [6, 6.07) is 6.67. The molecule has 1 heterocycles. The second-order valence-electron chi connectivity index (χ2n) is 3.32. The first kappa shape index (κ1) is 7.26. The van der Waals surface area contributed by atoms with Gasteiger partial charge in [-0.15, -0.1) is 0 Å². The molecule has 0 N–H and O–H groups in total. The molecule has 1 rings (SSSR count). The van der Waals surface area contributed by atoms with E-state index in [2.05, 4.69) is 38.0 Å². The van der Waals surface area contributed by atoms with Crippen molar-refractivity contribution in [3.63, 3.8) is 0 Å². The highest BCUT2D eigenvalue weighted by molar-refractivity contribution is 5.10. The second-order valence-corrected chi connectivity index (χ2v) is 3.32. The minimum Gasteiger partial charge on any atom is -0.250 e. The lowest BCUT2D eigenvalue weighted by atomic mass is 9.92. The standard InChI is InChI=1S/C9H11N/c1-9(2,3)8-6-4-5-7-10-8/h4-5H,1-3H3. The quantitative estimate of drug-likeness (QED) is 0.527. The van der Waals surface area contributed by atoms with Crippen molar-refractivity contribution in [2.24, 2.45) is 0 Å². The molecule has 0 aromatic carbocycles. The molecule has 0 amide bonds. The fourth-order valence-corrected chi connectivity index (χ4v) is 0.676. The van der Waals surface area contributed by atoms with Gasteiger partial charge < -0.3 is 0 Å². The summed E-state index contributed by atoms with van der Waals surface area (Å²) in [7, 11) is 0. The summed E-state index contributed by atoms with van der Waals surface area (Å²) in [5.41, 5.74) is 1.06. The van der Waals surface area contributed by atoms with Crippen molar-refractivity contribution in [1.29, 1.82) is 0 Å². The van der Waals surface area contributed by atoms with Crippen LogP contribution in [0.3, 0.4) is 0 Å². The van der Waals surface area contributed by atoms with Gasteiger partial charge in [-0.2, -0.15) is 0 Å². The molecule has 0 bridgehead atoms. The summed E-state index contributed by atoms with van der Waals surface area (Å²) in [5.74, 6) is 0. The SMILES string of the molecule is CC(C)(C)c1[c]cc[c]n1. The predicted molar refractivity (Wildman–Crippen MR) is 40.6 cm³/mol. The van der Waals surface area contributed by atoms with Crippen LogP contribution in [0.15, 0.2) is 12.1 Å². The maximum atomic E-state index is 4.07. The van der Waals surface area contributed by atoms with Crippen LogP contribution < -0.4 is 0 Å². The Kier molecular flexibility index (Phi) is 1.75. The molecule has 0 spiro atoms. The van der Waals surface area contributed by atoms with Gasteiger partial charge in [0.15, 0.2) is 0 Å². The first-order valence-electron chi connectivity index (χ1n) is 3.36. The van der Waals surface area contributed by atoms with E-state index in [1.54, 1.807) is 6.07 Å². The van der Waals surface area contributed by atoms with Crippen molar-refractivity contribution < 1.29 is 0 Å². The van der Waals surface area contributed by atoms with Crippen LogP contribution in [-0.4, -0.2) is 4.98 Å². The average molecular weight is 133 g/mol. The molecule has 0 saturated heterocycles. The van der Waals surface area contributed by atoms with Crippen LogP contribution in [0.2, 0.25) is 0 Å². The van der Waals surface area contributed by atoms with Crippen molar-refractivity contribution >= 4 is 0 Å². The third-order valence-corrected chi connectivity index (χ3v) is 1.26. The van der Waals surface area contributed by atoms with Gasteiger partial charge in [0.25, 0.3) is 0 Å². The lowest BCUT2D eigenvalue weighted by Crippen LogP contribution is -2.12. The highest BCUT2D eigenvalue weighted by Crippen LogP contribution is 2.17. The zero-order valence-corrected chi connectivity index (χ0v) is 6.60. The Morgan fingerprint density at radius 3 is 2.30 bits per heavy atom. The molecule has 0 saturated carbocycles. The van der Waals surface area contributed by atoms with E-state index < -0.39 is 0 Å². The Bertz CT molecular complexity index is 196. The van der Waals surface area contributed by atoms with Gasteiger partial charge in [-0.3, -0.25) is 0 Å². The number of nitrogens with zero attached hydrogens (tertiary/aromatic N) is 1. The van der Waals surface area contributed by atoms with E-state index in [1.165, 1.54) is 0 Å². The second kappa shape index (κ2) is 2.41. The molecule has 0 aliphatic rings. The van der Waals surface area contributed by atoms with E-state index in [-0.39, 0.29) is 5.41 Å². The normalized spacial score (nSPS) is 11.5. The van der Waals surface area contributed by atoms with Crippen molar-refractivity contribution in [1.82, 2.24) is 4.98 Å². The Morgan fingerprint density at radius 1 is 1.30 bits per heavy atom. The van der Waals surface area contributed by atoms with Gasteiger partial charge in [-0.25, -0.2) is 4.98 Å². The van der Waals surface area contributed by atoms with Crippen LogP contribution in [-0.2, 0) is 5.41 Å². The van der Waals surface area contributed by atoms with Gasteiger partial charge >= 0.3 is 0 Å². The van der Waals surface area contributed by atoms with Crippen molar-refractivity contribution in [2.75, 3.05) is 0 Å². The molecular weight excluding hydrogens is 122 g/mol. The van der Waals surface area contributed by atoms with Crippen LogP contribution in [0.1, 0.15) is 26.5 Å². The Labute approximate surface area is 62.1 Å². The van der Waals surface area contributed by atoms with Gasteiger partial charge in [0.2, 0.25) is 0 Å². The van der Waals surface area contributed by atoms with Crippen LogP contribution >= 0.6 is 0 Å². The van der Waals surface area contributed by atoms with Crippen LogP contribution in [0, 0.1) is 12.3 Å². The number of pyridine rings is 1. The van der Waals surface area contributed by atoms with Crippen LogP contribution in [0.25, 0.3) is 0 Å². The largest absolute Gasteiger partial charge is 0.250 e. The van der Waals surface area contributed by atoms with Gasteiger partial charge in [0, 0.05) is 11.5 Å². The molecule has 1 heteroatoms. The first-order chi connectivity index (χ1) is 4.61. The first-order valence-corrected chi connectivity index (χ1v) is 3.36. The van der Waals surface area contributed by atoms with Crippen molar-refractivity contribution in [2.45, 2.75) is 26.2 Å². The van der Waals surface area contributed by atoms with Gasteiger partial charge in [0.05, 0.1) is 11.9 Å². The van der Waals surface area contributed by atoms with Gasteiger partial charge in [0.1, 0.15) is 0 Å². The summed E-state index contributed by atoms with van der Waals surface area (Å²) in [5, 5.41) is 0. The van der Waals surface area contributed by atoms with E-state index in [4.69, 9.17) is 0 Å².